The lowest BCUT2D eigenvalue weighted by Crippen LogP contribution is -2.36. The van der Waals surface area contributed by atoms with Crippen LogP contribution in [0.15, 0.2) is 18.3 Å². The summed E-state index contributed by atoms with van der Waals surface area (Å²) in [7, 11) is 0. The molecule has 0 aliphatic carbocycles. The normalized spacial score (nSPS) is 16.6. The van der Waals surface area contributed by atoms with E-state index in [1.54, 1.807) is 6.20 Å². The zero-order chi connectivity index (χ0) is 14.4. The Bertz CT molecular complexity index is 502. The summed E-state index contributed by atoms with van der Waals surface area (Å²) in [5, 5.41) is 9.03. The lowest BCUT2D eigenvalue weighted by Gasteiger charge is -2.30. The van der Waals surface area contributed by atoms with Crippen LogP contribution in [-0.4, -0.2) is 35.5 Å². The van der Waals surface area contributed by atoms with Gasteiger partial charge in [0, 0.05) is 18.3 Å². The third kappa shape index (κ3) is 3.55. The number of nitriles is 1. The van der Waals surface area contributed by atoms with Gasteiger partial charge in [-0.3, -0.25) is 9.69 Å². The van der Waals surface area contributed by atoms with Crippen molar-refractivity contribution in [2.24, 2.45) is 5.92 Å². The van der Waals surface area contributed by atoms with E-state index in [1.165, 1.54) is 0 Å². The molecule has 20 heavy (non-hydrogen) atoms. The topological polar surface area (TPSA) is 66.2 Å². The quantitative estimate of drug-likeness (QED) is 0.782. The third-order valence-electron chi connectivity index (χ3n) is 3.60. The second-order valence-electron chi connectivity index (χ2n) is 4.93. The van der Waals surface area contributed by atoms with E-state index in [9.17, 15) is 4.79 Å². The van der Waals surface area contributed by atoms with Crippen molar-refractivity contribution < 1.29 is 9.53 Å². The maximum atomic E-state index is 11.7. The minimum atomic E-state index is -0.0776. The predicted octanol–water partition coefficient (Wildman–Crippen LogP) is 1.73. The average Bonchev–Trinajstić information content (AvgIpc) is 2.49. The molecule has 2 rings (SSSR count). The fourth-order valence-corrected chi connectivity index (χ4v) is 2.49. The lowest BCUT2D eigenvalue weighted by atomic mass is 9.96. The highest BCUT2D eigenvalue weighted by Crippen LogP contribution is 2.20. The Labute approximate surface area is 119 Å². The number of nitrogens with zero attached hydrogens (tertiary/aromatic N) is 3. The Hall–Kier alpha value is -1.93. The Kier molecular flexibility index (Phi) is 5.08. The van der Waals surface area contributed by atoms with Crippen molar-refractivity contribution in [3.8, 4) is 6.07 Å². The van der Waals surface area contributed by atoms with Gasteiger partial charge in [0.2, 0.25) is 0 Å². The van der Waals surface area contributed by atoms with Crippen molar-refractivity contribution in [2.75, 3.05) is 19.7 Å². The van der Waals surface area contributed by atoms with E-state index in [-0.39, 0.29) is 11.9 Å². The molecule has 0 amide bonds. The monoisotopic (exact) mass is 273 g/mol. The number of hydrogen-bond acceptors (Lipinski definition) is 5. The maximum Gasteiger partial charge on any atom is 0.309 e. The van der Waals surface area contributed by atoms with E-state index < -0.39 is 0 Å². The molecule has 1 aromatic rings. The van der Waals surface area contributed by atoms with Gasteiger partial charge in [-0.05, 0) is 38.9 Å². The molecule has 0 radical (unpaired) electrons. The number of likely N-dealkylation sites (tertiary alicyclic amines) is 1. The lowest BCUT2D eigenvalue weighted by molar-refractivity contribution is -0.149. The van der Waals surface area contributed by atoms with Crippen LogP contribution in [0.4, 0.5) is 0 Å². The molecule has 0 atom stereocenters. The van der Waals surface area contributed by atoms with Crippen LogP contribution in [0.25, 0.3) is 0 Å². The van der Waals surface area contributed by atoms with Crippen LogP contribution in [0.3, 0.4) is 0 Å². The zero-order valence-electron chi connectivity index (χ0n) is 11.7. The van der Waals surface area contributed by atoms with Gasteiger partial charge in [-0.2, -0.15) is 5.26 Å². The number of hydrogen-bond donors (Lipinski definition) is 0. The van der Waals surface area contributed by atoms with Crippen molar-refractivity contribution in [3.63, 3.8) is 0 Å². The molecule has 0 saturated carbocycles. The molecule has 5 nitrogen and oxygen atoms in total. The summed E-state index contributed by atoms with van der Waals surface area (Å²) in [5.41, 5.74) is 1.43. The van der Waals surface area contributed by atoms with E-state index >= 15 is 0 Å². The van der Waals surface area contributed by atoms with Gasteiger partial charge in [0.15, 0.2) is 0 Å². The second kappa shape index (κ2) is 7.01. The number of ether oxygens (including phenoxy) is 1. The molecule has 2 heterocycles. The van der Waals surface area contributed by atoms with Crippen molar-refractivity contribution in [2.45, 2.75) is 26.3 Å². The fraction of sp³-hybridized carbons (Fsp3) is 0.533. The molecule has 0 unspecified atom stereocenters. The standard InChI is InChI=1S/C15H19N3O2/c1-2-20-15(19)12-5-8-18(9-6-12)11-13-4-3-7-17-14(13)10-16/h3-4,7,12H,2,5-6,8-9,11H2,1H3. The number of pyridine rings is 1. The molecule has 1 aliphatic heterocycles. The Balaban J connectivity index is 1.89. The van der Waals surface area contributed by atoms with Crippen LogP contribution in [0.1, 0.15) is 31.0 Å². The van der Waals surface area contributed by atoms with Crippen LogP contribution < -0.4 is 0 Å². The molecule has 0 bridgehead atoms. The zero-order valence-corrected chi connectivity index (χ0v) is 11.7. The van der Waals surface area contributed by atoms with Crippen molar-refractivity contribution >= 4 is 5.97 Å². The summed E-state index contributed by atoms with van der Waals surface area (Å²) in [6.07, 6.45) is 3.27. The summed E-state index contributed by atoms with van der Waals surface area (Å²) in [6.45, 7) is 4.69. The van der Waals surface area contributed by atoms with Crippen LogP contribution >= 0.6 is 0 Å². The van der Waals surface area contributed by atoms with Crippen molar-refractivity contribution in [1.29, 1.82) is 5.26 Å². The molecule has 1 aromatic heterocycles. The molecule has 0 aromatic carbocycles. The highest BCUT2D eigenvalue weighted by atomic mass is 16.5. The molecule has 1 saturated heterocycles. The average molecular weight is 273 g/mol. The fourth-order valence-electron chi connectivity index (χ4n) is 2.49. The van der Waals surface area contributed by atoms with E-state index in [0.29, 0.717) is 18.8 Å². The van der Waals surface area contributed by atoms with E-state index in [1.807, 2.05) is 19.1 Å². The van der Waals surface area contributed by atoms with Gasteiger partial charge < -0.3 is 4.74 Å². The summed E-state index contributed by atoms with van der Waals surface area (Å²) in [5.74, 6) is -0.0539. The first kappa shape index (κ1) is 14.5. The number of piperidine rings is 1. The van der Waals surface area contributed by atoms with Crippen LogP contribution in [0.5, 0.6) is 0 Å². The van der Waals surface area contributed by atoms with Crippen LogP contribution in [-0.2, 0) is 16.1 Å². The number of esters is 1. The summed E-state index contributed by atoms with van der Waals surface area (Å²) < 4.78 is 5.06. The Morgan fingerprint density at radius 1 is 1.55 bits per heavy atom. The minimum Gasteiger partial charge on any atom is -0.466 e. The van der Waals surface area contributed by atoms with Crippen LogP contribution in [0.2, 0.25) is 0 Å². The highest BCUT2D eigenvalue weighted by molar-refractivity contribution is 5.72. The summed E-state index contributed by atoms with van der Waals surface area (Å²) >= 11 is 0. The van der Waals surface area contributed by atoms with Gasteiger partial charge in [0.05, 0.1) is 12.5 Å². The maximum absolute atomic E-state index is 11.7. The first-order chi connectivity index (χ1) is 9.74. The molecule has 1 fully saturated rings. The highest BCUT2D eigenvalue weighted by Gasteiger charge is 2.26. The molecule has 106 valence electrons. The largest absolute Gasteiger partial charge is 0.466 e. The van der Waals surface area contributed by atoms with Crippen molar-refractivity contribution in [3.05, 3.63) is 29.6 Å². The van der Waals surface area contributed by atoms with E-state index in [0.717, 1.165) is 31.5 Å². The predicted molar refractivity (Wildman–Crippen MR) is 73.6 cm³/mol. The van der Waals surface area contributed by atoms with Gasteiger partial charge in [-0.1, -0.05) is 6.07 Å². The summed E-state index contributed by atoms with van der Waals surface area (Å²) in [4.78, 5) is 18.0. The third-order valence-corrected chi connectivity index (χ3v) is 3.60. The second-order valence-corrected chi connectivity index (χ2v) is 4.93. The first-order valence-corrected chi connectivity index (χ1v) is 6.97. The van der Waals surface area contributed by atoms with E-state index in [2.05, 4.69) is 16.0 Å². The number of rotatable bonds is 4. The van der Waals surface area contributed by atoms with Crippen LogP contribution in [0, 0.1) is 17.2 Å². The van der Waals surface area contributed by atoms with E-state index in [4.69, 9.17) is 10.00 Å². The van der Waals surface area contributed by atoms with Gasteiger partial charge in [0.25, 0.3) is 0 Å². The molecular weight excluding hydrogens is 254 g/mol. The Morgan fingerprint density at radius 2 is 2.30 bits per heavy atom. The molecular formula is C15H19N3O2. The molecule has 5 heteroatoms. The number of carbonyl (C=O) groups is 1. The number of aromatic nitrogens is 1. The molecule has 0 spiro atoms. The van der Waals surface area contributed by atoms with Gasteiger partial charge >= 0.3 is 5.97 Å². The summed E-state index contributed by atoms with van der Waals surface area (Å²) in [6, 6.07) is 5.90. The molecule has 0 N–H and O–H groups in total. The SMILES string of the molecule is CCOC(=O)C1CCN(Cc2cccnc2C#N)CC1. The number of carbonyl (C=O) groups excluding carboxylic acids is 1. The van der Waals surface area contributed by atoms with Crippen molar-refractivity contribution in [1.82, 2.24) is 9.88 Å². The van der Waals surface area contributed by atoms with Gasteiger partial charge in [-0.25, -0.2) is 4.98 Å². The van der Waals surface area contributed by atoms with Gasteiger partial charge in [0.1, 0.15) is 11.8 Å². The smallest absolute Gasteiger partial charge is 0.309 e. The molecule has 1 aliphatic rings. The Morgan fingerprint density at radius 3 is 2.95 bits per heavy atom. The first-order valence-electron chi connectivity index (χ1n) is 6.97. The minimum absolute atomic E-state index is 0.0236. The van der Waals surface area contributed by atoms with Gasteiger partial charge in [-0.15, -0.1) is 0 Å².